The minimum Gasteiger partial charge on any atom is -0.378 e. The molecule has 1 aromatic heterocycles. The first kappa shape index (κ1) is 13.7. The molecule has 1 N–H and O–H groups in total. The van der Waals surface area contributed by atoms with Gasteiger partial charge in [0.15, 0.2) is 9.84 Å². The molecule has 0 aliphatic rings. The first-order valence-corrected chi connectivity index (χ1v) is 7.85. The lowest BCUT2D eigenvalue weighted by Gasteiger charge is -2.12. The van der Waals surface area contributed by atoms with E-state index in [-0.39, 0.29) is 5.75 Å². The van der Waals surface area contributed by atoms with Crippen LogP contribution in [0.5, 0.6) is 0 Å². The number of rotatable bonds is 5. The Kier molecular flexibility index (Phi) is 3.95. The average molecular weight is 278 g/mol. The number of aromatic nitrogens is 1. The number of nitrogens with zero attached hydrogens (tertiary/aromatic N) is 1. The molecular formula is C14H18N2O2S. The fourth-order valence-electron chi connectivity index (χ4n) is 1.91. The highest BCUT2D eigenvalue weighted by molar-refractivity contribution is 7.91. The van der Waals surface area contributed by atoms with Gasteiger partial charge in [-0.1, -0.05) is 19.1 Å². The number of sulfone groups is 1. The molecule has 5 heteroatoms. The molecule has 0 spiro atoms. The number of benzene rings is 1. The smallest absolute Gasteiger partial charge is 0.180 e. The van der Waals surface area contributed by atoms with Crippen molar-refractivity contribution in [2.75, 3.05) is 11.1 Å². The molecule has 2 aromatic rings. The third-order valence-corrected chi connectivity index (χ3v) is 4.90. The van der Waals surface area contributed by atoms with Crippen molar-refractivity contribution in [1.82, 2.24) is 4.57 Å². The van der Waals surface area contributed by atoms with E-state index in [1.807, 2.05) is 36.0 Å². The summed E-state index contributed by atoms with van der Waals surface area (Å²) in [6, 6.07) is 11.0. The molecule has 0 amide bonds. The van der Waals surface area contributed by atoms with Crippen LogP contribution in [0.1, 0.15) is 12.6 Å². The number of aryl methyl sites for hydroxylation is 1. The summed E-state index contributed by atoms with van der Waals surface area (Å²) in [4.78, 5) is 0.367. The molecule has 4 nitrogen and oxygen atoms in total. The molecule has 0 fully saturated rings. The van der Waals surface area contributed by atoms with Crippen LogP contribution in [0.4, 0.5) is 5.69 Å². The molecule has 1 aromatic carbocycles. The van der Waals surface area contributed by atoms with Gasteiger partial charge in [-0.05, 0) is 24.3 Å². The quantitative estimate of drug-likeness (QED) is 0.914. The zero-order valence-electron chi connectivity index (χ0n) is 11.1. The van der Waals surface area contributed by atoms with E-state index in [2.05, 4.69) is 5.32 Å². The van der Waals surface area contributed by atoms with Crippen LogP contribution < -0.4 is 5.32 Å². The van der Waals surface area contributed by atoms with Gasteiger partial charge in [0.05, 0.1) is 22.9 Å². The van der Waals surface area contributed by atoms with Crippen molar-refractivity contribution in [1.29, 1.82) is 0 Å². The number of nitrogens with one attached hydrogen (secondary N) is 1. The van der Waals surface area contributed by atoms with Crippen molar-refractivity contribution < 1.29 is 8.42 Å². The van der Waals surface area contributed by atoms with Crippen molar-refractivity contribution in [2.45, 2.75) is 18.4 Å². The maximum Gasteiger partial charge on any atom is 0.180 e. The van der Waals surface area contributed by atoms with Crippen molar-refractivity contribution in [3.05, 3.63) is 48.3 Å². The second kappa shape index (κ2) is 5.48. The van der Waals surface area contributed by atoms with E-state index in [9.17, 15) is 8.42 Å². The van der Waals surface area contributed by atoms with Crippen LogP contribution in [0.2, 0.25) is 0 Å². The Labute approximate surface area is 114 Å². The average Bonchev–Trinajstić information content (AvgIpc) is 2.82. The van der Waals surface area contributed by atoms with Crippen molar-refractivity contribution in [2.24, 2.45) is 7.05 Å². The minimum atomic E-state index is -3.20. The molecule has 0 atom stereocenters. The van der Waals surface area contributed by atoms with Gasteiger partial charge in [-0.25, -0.2) is 8.42 Å². The summed E-state index contributed by atoms with van der Waals surface area (Å²) in [5, 5.41) is 3.20. The van der Waals surface area contributed by atoms with Gasteiger partial charge in [-0.15, -0.1) is 0 Å². The molecule has 0 bridgehead atoms. The molecule has 0 saturated heterocycles. The van der Waals surface area contributed by atoms with E-state index in [1.54, 1.807) is 25.1 Å². The third kappa shape index (κ3) is 2.98. The predicted molar refractivity (Wildman–Crippen MR) is 76.9 cm³/mol. The van der Waals surface area contributed by atoms with E-state index >= 15 is 0 Å². The van der Waals surface area contributed by atoms with E-state index in [4.69, 9.17) is 0 Å². The van der Waals surface area contributed by atoms with E-state index in [1.165, 1.54) is 0 Å². The van der Waals surface area contributed by atoms with Crippen LogP contribution in [0, 0.1) is 0 Å². The van der Waals surface area contributed by atoms with Gasteiger partial charge < -0.3 is 9.88 Å². The Hall–Kier alpha value is -1.75. The van der Waals surface area contributed by atoms with Gasteiger partial charge in [0.1, 0.15) is 0 Å². The molecule has 102 valence electrons. The summed E-state index contributed by atoms with van der Waals surface area (Å²) in [5.74, 6) is 0.107. The monoisotopic (exact) mass is 278 g/mol. The van der Waals surface area contributed by atoms with Gasteiger partial charge in [-0.3, -0.25) is 0 Å². The number of hydrogen-bond acceptors (Lipinski definition) is 3. The Bertz CT molecular complexity index is 660. The standard InChI is InChI=1S/C14H18N2O2S/c1-3-19(17,18)14-9-5-4-8-13(14)15-11-12-7-6-10-16(12)2/h4-10,15H,3,11H2,1-2H3. The van der Waals surface area contributed by atoms with Gasteiger partial charge in [-0.2, -0.15) is 0 Å². The lowest BCUT2D eigenvalue weighted by atomic mass is 10.3. The van der Waals surface area contributed by atoms with Crippen LogP contribution in [0.3, 0.4) is 0 Å². The lowest BCUT2D eigenvalue weighted by Crippen LogP contribution is -2.10. The predicted octanol–water partition coefficient (Wildman–Crippen LogP) is 2.43. The maximum atomic E-state index is 12.0. The summed E-state index contributed by atoms with van der Waals surface area (Å²) in [6.45, 7) is 2.25. The van der Waals surface area contributed by atoms with Gasteiger partial charge >= 0.3 is 0 Å². The molecule has 0 saturated carbocycles. The fraction of sp³-hybridized carbons (Fsp3) is 0.286. The van der Waals surface area contributed by atoms with Gasteiger partial charge in [0, 0.05) is 18.9 Å². The lowest BCUT2D eigenvalue weighted by molar-refractivity contribution is 0.597. The van der Waals surface area contributed by atoms with Crippen molar-refractivity contribution >= 4 is 15.5 Å². The van der Waals surface area contributed by atoms with Gasteiger partial charge in [0.25, 0.3) is 0 Å². The Balaban J connectivity index is 2.24. The van der Waals surface area contributed by atoms with Crippen LogP contribution in [-0.4, -0.2) is 18.7 Å². The highest BCUT2D eigenvalue weighted by atomic mass is 32.2. The summed E-state index contributed by atoms with van der Waals surface area (Å²) >= 11 is 0. The molecule has 2 rings (SSSR count). The molecule has 0 aliphatic heterocycles. The van der Waals surface area contributed by atoms with Crippen LogP contribution >= 0.6 is 0 Å². The summed E-state index contributed by atoms with van der Waals surface area (Å²) in [7, 11) is -1.24. The topological polar surface area (TPSA) is 51.1 Å². The Morgan fingerprint density at radius 2 is 1.89 bits per heavy atom. The van der Waals surface area contributed by atoms with Crippen molar-refractivity contribution in [3.8, 4) is 0 Å². The first-order valence-electron chi connectivity index (χ1n) is 6.20. The summed E-state index contributed by atoms with van der Waals surface area (Å²) in [6.07, 6.45) is 1.96. The van der Waals surface area contributed by atoms with Gasteiger partial charge in [0.2, 0.25) is 0 Å². The molecular weight excluding hydrogens is 260 g/mol. The molecule has 0 unspecified atom stereocenters. The molecule has 0 radical (unpaired) electrons. The first-order chi connectivity index (χ1) is 9.04. The second-order valence-corrected chi connectivity index (χ2v) is 6.61. The van der Waals surface area contributed by atoms with Crippen LogP contribution in [-0.2, 0) is 23.4 Å². The number of hydrogen-bond donors (Lipinski definition) is 1. The molecule has 19 heavy (non-hydrogen) atoms. The zero-order chi connectivity index (χ0) is 13.9. The van der Waals surface area contributed by atoms with Crippen molar-refractivity contribution in [3.63, 3.8) is 0 Å². The van der Waals surface area contributed by atoms with Crippen LogP contribution in [0.25, 0.3) is 0 Å². The van der Waals surface area contributed by atoms with E-state index in [0.29, 0.717) is 17.1 Å². The second-order valence-electron chi connectivity index (χ2n) is 4.36. The largest absolute Gasteiger partial charge is 0.378 e. The highest BCUT2D eigenvalue weighted by Gasteiger charge is 2.15. The van der Waals surface area contributed by atoms with E-state index in [0.717, 1.165) is 5.69 Å². The summed E-state index contributed by atoms with van der Waals surface area (Å²) < 4.78 is 26.0. The van der Waals surface area contributed by atoms with Crippen LogP contribution in [0.15, 0.2) is 47.5 Å². The molecule has 1 heterocycles. The minimum absolute atomic E-state index is 0.107. The number of para-hydroxylation sites is 1. The van der Waals surface area contributed by atoms with E-state index < -0.39 is 9.84 Å². The third-order valence-electron chi connectivity index (χ3n) is 3.11. The number of anilines is 1. The Morgan fingerprint density at radius 3 is 2.53 bits per heavy atom. The normalized spacial score (nSPS) is 11.5. The molecule has 0 aliphatic carbocycles. The fourth-order valence-corrected chi connectivity index (χ4v) is 2.98. The Morgan fingerprint density at radius 1 is 1.16 bits per heavy atom. The maximum absolute atomic E-state index is 12.0. The summed E-state index contributed by atoms with van der Waals surface area (Å²) in [5.41, 5.74) is 1.76. The SMILES string of the molecule is CCS(=O)(=O)c1ccccc1NCc1cccn1C. The highest BCUT2D eigenvalue weighted by Crippen LogP contribution is 2.22. The zero-order valence-corrected chi connectivity index (χ0v) is 11.9.